The molecule has 2 aromatic rings. The highest BCUT2D eigenvalue weighted by Crippen LogP contribution is 2.37. The Hall–Kier alpha value is -2.95. The molecule has 2 unspecified atom stereocenters. The number of carboxylic acids is 1. The normalized spacial score (nSPS) is 20.5. The van der Waals surface area contributed by atoms with Crippen LogP contribution in [0.25, 0.3) is 0 Å². The topological polar surface area (TPSA) is 116 Å². The van der Waals surface area contributed by atoms with Gasteiger partial charge in [-0.05, 0) is 61.9 Å². The number of nitrogens with zero attached hydrogens (tertiary/aromatic N) is 2. The number of carbonyl (C=O) groups excluding carboxylic acids is 1. The van der Waals surface area contributed by atoms with E-state index in [2.05, 4.69) is 12.2 Å². The van der Waals surface area contributed by atoms with Gasteiger partial charge in [-0.1, -0.05) is 50.6 Å². The van der Waals surface area contributed by atoms with Crippen molar-refractivity contribution in [3.8, 4) is 5.75 Å². The van der Waals surface area contributed by atoms with Gasteiger partial charge < -0.3 is 14.7 Å². The smallest absolute Gasteiger partial charge is 0.326 e. The molecule has 2 aliphatic heterocycles. The summed E-state index contributed by atoms with van der Waals surface area (Å²) in [5, 5.41) is 13.4. The molecule has 206 valence electrons. The van der Waals surface area contributed by atoms with Crippen molar-refractivity contribution in [3.63, 3.8) is 0 Å². The number of hydrogen-bond acceptors (Lipinski definition) is 6. The zero-order valence-electron chi connectivity index (χ0n) is 22.0. The summed E-state index contributed by atoms with van der Waals surface area (Å²) in [7, 11) is -3.76. The van der Waals surface area contributed by atoms with Gasteiger partial charge in [0.15, 0.2) is 0 Å². The van der Waals surface area contributed by atoms with Gasteiger partial charge in [0.05, 0.1) is 23.2 Å². The minimum absolute atomic E-state index is 0.169. The molecular weight excluding hydrogens is 506 g/mol. The van der Waals surface area contributed by atoms with Crippen LogP contribution in [-0.4, -0.2) is 72.0 Å². The summed E-state index contributed by atoms with van der Waals surface area (Å²) in [6, 6.07) is 14.5. The first-order valence-corrected chi connectivity index (χ1v) is 14.8. The number of nitrogens with one attached hydrogen (secondary N) is 1. The lowest BCUT2D eigenvalue weighted by molar-refractivity contribution is -0.154. The summed E-state index contributed by atoms with van der Waals surface area (Å²) >= 11 is 0. The Morgan fingerprint density at radius 3 is 2.34 bits per heavy atom. The lowest BCUT2D eigenvalue weighted by Gasteiger charge is -2.46. The zero-order chi connectivity index (χ0) is 27.3. The third kappa shape index (κ3) is 5.72. The van der Waals surface area contributed by atoms with Crippen molar-refractivity contribution < 1.29 is 27.9 Å². The minimum atomic E-state index is -3.76. The maximum absolute atomic E-state index is 13.6. The average molecular weight is 544 g/mol. The van der Waals surface area contributed by atoms with Gasteiger partial charge in [-0.2, -0.15) is 4.31 Å². The van der Waals surface area contributed by atoms with Crippen LogP contribution in [-0.2, 0) is 26.0 Å². The number of carboxylic acid groups (broad SMARTS) is 1. The van der Waals surface area contributed by atoms with Gasteiger partial charge in [0, 0.05) is 13.1 Å². The average Bonchev–Trinajstić information content (AvgIpc) is 3.16. The largest absolute Gasteiger partial charge is 0.494 e. The molecule has 2 saturated heterocycles. The molecule has 0 aliphatic carbocycles. The van der Waals surface area contributed by atoms with E-state index in [1.807, 2.05) is 30.3 Å². The van der Waals surface area contributed by atoms with Crippen LogP contribution in [0.15, 0.2) is 59.5 Å². The molecule has 2 fully saturated rings. The molecule has 4 rings (SSSR count). The van der Waals surface area contributed by atoms with Crippen LogP contribution in [0.2, 0.25) is 0 Å². The van der Waals surface area contributed by atoms with E-state index in [1.54, 1.807) is 31.2 Å². The number of rotatable bonds is 11. The van der Waals surface area contributed by atoms with Crippen molar-refractivity contribution in [2.24, 2.45) is 0 Å². The number of sulfonamides is 1. The molecule has 1 spiro atoms. The molecule has 38 heavy (non-hydrogen) atoms. The van der Waals surface area contributed by atoms with Crippen molar-refractivity contribution in [3.05, 3.63) is 60.2 Å². The van der Waals surface area contributed by atoms with E-state index in [0.717, 1.165) is 18.4 Å². The highest BCUT2D eigenvalue weighted by atomic mass is 32.2. The molecule has 2 atom stereocenters. The van der Waals surface area contributed by atoms with Gasteiger partial charge in [-0.25, -0.2) is 13.2 Å². The maximum atomic E-state index is 13.6. The molecule has 0 aromatic heterocycles. The van der Waals surface area contributed by atoms with Crippen LogP contribution in [0.4, 0.5) is 0 Å². The lowest BCUT2D eigenvalue weighted by atomic mass is 9.95. The summed E-state index contributed by atoms with van der Waals surface area (Å²) in [6.07, 6.45) is 3.23. The molecule has 0 radical (unpaired) electrons. The first-order chi connectivity index (χ1) is 18.2. The molecule has 0 bridgehead atoms. The third-order valence-corrected chi connectivity index (χ3v) is 9.40. The second kappa shape index (κ2) is 11.8. The van der Waals surface area contributed by atoms with E-state index in [-0.39, 0.29) is 30.3 Å². The van der Waals surface area contributed by atoms with E-state index in [0.29, 0.717) is 31.6 Å². The van der Waals surface area contributed by atoms with E-state index < -0.39 is 33.7 Å². The van der Waals surface area contributed by atoms with Crippen LogP contribution in [0.3, 0.4) is 0 Å². The second-order valence-corrected chi connectivity index (χ2v) is 11.9. The summed E-state index contributed by atoms with van der Waals surface area (Å²) in [4.78, 5) is 27.4. The fourth-order valence-electron chi connectivity index (χ4n) is 5.42. The Kier molecular flexibility index (Phi) is 8.74. The summed E-state index contributed by atoms with van der Waals surface area (Å²) in [6.45, 7) is 4.74. The van der Waals surface area contributed by atoms with Crippen molar-refractivity contribution >= 4 is 21.9 Å². The van der Waals surface area contributed by atoms with Crippen molar-refractivity contribution in [1.82, 2.24) is 14.5 Å². The number of aliphatic carboxylic acids is 1. The van der Waals surface area contributed by atoms with E-state index in [1.165, 1.54) is 9.21 Å². The molecule has 2 heterocycles. The number of carbonyl (C=O) groups is 2. The van der Waals surface area contributed by atoms with Crippen LogP contribution in [0, 0.1) is 0 Å². The summed E-state index contributed by atoms with van der Waals surface area (Å²) < 4.78 is 33.9. The number of unbranched alkanes of at least 4 members (excludes halogenated alkanes) is 1. The van der Waals surface area contributed by atoms with Gasteiger partial charge in [0.2, 0.25) is 15.9 Å². The van der Waals surface area contributed by atoms with Gasteiger partial charge in [0.25, 0.3) is 0 Å². The standard InChI is InChI=1S/C28H37N3O6S/c1-3-5-19-37-22-11-13-23(14-12-22)38(35,36)30-17-15-28(16-18-30)29-24(20-21-9-7-6-8-10-21)26(32)31(28)25(4-2)27(33)34/h6-14,24-25,29H,3-5,15-20H2,1-2H3,(H,33,34). The molecule has 2 N–H and O–H groups in total. The Balaban J connectivity index is 1.52. The number of piperidine rings is 1. The molecule has 2 aliphatic rings. The van der Waals surface area contributed by atoms with Gasteiger partial charge in [-0.15, -0.1) is 0 Å². The van der Waals surface area contributed by atoms with Gasteiger partial charge >= 0.3 is 5.97 Å². The molecule has 1 amide bonds. The summed E-state index contributed by atoms with van der Waals surface area (Å²) in [5.41, 5.74) is 0.0550. The Bertz CT molecular complexity index is 1210. The molecular formula is C28H37N3O6S. The monoisotopic (exact) mass is 543 g/mol. The van der Waals surface area contributed by atoms with Gasteiger partial charge in [-0.3, -0.25) is 10.1 Å². The van der Waals surface area contributed by atoms with Gasteiger partial charge in [0.1, 0.15) is 11.8 Å². The Morgan fingerprint density at radius 1 is 1.11 bits per heavy atom. The zero-order valence-corrected chi connectivity index (χ0v) is 22.8. The minimum Gasteiger partial charge on any atom is -0.494 e. The summed E-state index contributed by atoms with van der Waals surface area (Å²) in [5.74, 6) is -0.681. The van der Waals surface area contributed by atoms with Crippen LogP contribution < -0.4 is 10.1 Å². The van der Waals surface area contributed by atoms with E-state index in [9.17, 15) is 23.1 Å². The Morgan fingerprint density at radius 2 is 1.76 bits per heavy atom. The predicted molar refractivity (Wildman–Crippen MR) is 143 cm³/mol. The third-order valence-electron chi connectivity index (χ3n) is 7.48. The fourth-order valence-corrected chi connectivity index (χ4v) is 6.86. The Labute approximate surface area is 224 Å². The predicted octanol–water partition coefficient (Wildman–Crippen LogP) is 3.25. The molecule has 9 nitrogen and oxygen atoms in total. The SMILES string of the molecule is CCCCOc1ccc(S(=O)(=O)N2CCC3(CC2)NC(Cc2ccccc2)C(=O)N3C(CC)C(=O)O)cc1. The quantitative estimate of drug-likeness (QED) is 0.418. The molecule has 2 aromatic carbocycles. The van der Waals surface area contributed by atoms with Crippen molar-refractivity contribution in [1.29, 1.82) is 0 Å². The van der Waals surface area contributed by atoms with E-state index >= 15 is 0 Å². The molecule has 0 saturated carbocycles. The van der Waals surface area contributed by atoms with Crippen molar-refractivity contribution in [2.45, 2.75) is 75.0 Å². The van der Waals surface area contributed by atoms with Crippen LogP contribution in [0.1, 0.15) is 51.5 Å². The second-order valence-electron chi connectivity index (χ2n) is 9.97. The lowest BCUT2D eigenvalue weighted by Crippen LogP contribution is -2.63. The highest BCUT2D eigenvalue weighted by molar-refractivity contribution is 7.89. The van der Waals surface area contributed by atoms with Crippen LogP contribution in [0.5, 0.6) is 5.75 Å². The first-order valence-electron chi connectivity index (χ1n) is 13.3. The highest BCUT2D eigenvalue weighted by Gasteiger charge is 2.55. The van der Waals surface area contributed by atoms with Crippen molar-refractivity contribution in [2.75, 3.05) is 19.7 Å². The fraction of sp³-hybridized carbons (Fsp3) is 0.500. The number of ether oxygens (including phenoxy) is 1. The molecule has 10 heteroatoms. The number of hydrogen-bond donors (Lipinski definition) is 2. The van der Waals surface area contributed by atoms with E-state index in [4.69, 9.17) is 4.74 Å². The number of amides is 1. The number of benzene rings is 2. The van der Waals surface area contributed by atoms with Crippen LogP contribution >= 0.6 is 0 Å². The maximum Gasteiger partial charge on any atom is 0.326 e. The first kappa shape index (κ1) is 28.1.